The van der Waals surface area contributed by atoms with E-state index in [0.717, 1.165) is 12.8 Å². The van der Waals surface area contributed by atoms with E-state index in [0.29, 0.717) is 11.5 Å². The van der Waals surface area contributed by atoms with Gasteiger partial charge < -0.3 is 5.32 Å². The molecule has 0 radical (unpaired) electrons. The highest BCUT2D eigenvalue weighted by Gasteiger charge is 2.48. The lowest BCUT2D eigenvalue weighted by Crippen LogP contribution is -2.29. The van der Waals surface area contributed by atoms with E-state index in [4.69, 9.17) is 11.6 Å². The second kappa shape index (κ2) is 3.02. The van der Waals surface area contributed by atoms with Crippen LogP contribution in [0.5, 0.6) is 0 Å². The maximum Gasteiger partial charge on any atom is 0.235 e. The van der Waals surface area contributed by atoms with E-state index >= 15 is 0 Å². The van der Waals surface area contributed by atoms with Crippen LogP contribution in [-0.2, 0) is 4.79 Å². The summed E-state index contributed by atoms with van der Waals surface area (Å²) < 4.78 is 0. The van der Waals surface area contributed by atoms with Crippen LogP contribution < -0.4 is 5.32 Å². The summed E-state index contributed by atoms with van der Waals surface area (Å²) in [5, 5.41) is 2.87. The summed E-state index contributed by atoms with van der Waals surface area (Å²) in [5.41, 5.74) is 0.349. The third-order valence-electron chi connectivity index (χ3n) is 2.62. The molecule has 0 saturated heterocycles. The van der Waals surface area contributed by atoms with Gasteiger partial charge in [0.1, 0.15) is 5.88 Å². The normalized spacial score (nSPS) is 35.0. The number of carbonyl (C=O) groups excluding carboxylic acids is 1. The second-order valence-corrected chi connectivity index (χ2v) is 3.73. The Morgan fingerprint density at radius 1 is 1.82 bits per heavy atom. The molecule has 3 heteroatoms. The summed E-state index contributed by atoms with van der Waals surface area (Å²) in [6.07, 6.45) is 2.23. The number of hydrogen-bond acceptors (Lipinski definition) is 1. The molecule has 0 heterocycles. The number of carbonyl (C=O) groups is 1. The van der Waals surface area contributed by atoms with Crippen molar-refractivity contribution in [1.82, 2.24) is 5.32 Å². The topological polar surface area (TPSA) is 29.1 Å². The monoisotopic (exact) mass is 175 g/mol. The first-order valence-corrected chi connectivity index (χ1v) is 4.51. The predicted molar refractivity (Wildman–Crippen MR) is 45.7 cm³/mol. The zero-order valence-corrected chi connectivity index (χ0v) is 7.74. The highest BCUT2D eigenvalue weighted by atomic mass is 35.5. The van der Waals surface area contributed by atoms with Gasteiger partial charge in [0, 0.05) is 6.04 Å². The Labute approximate surface area is 72.3 Å². The quantitative estimate of drug-likeness (QED) is 0.648. The largest absolute Gasteiger partial charge is 0.352 e. The maximum absolute atomic E-state index is 10.8. The van der Waals surface area contributed by atoms with Gasteiger partial charge in [0.15, 0.2) is 0 Å². The van der Waals surface area contributed by atoms with Crippen LogP contribution in [0.3, 0.4) is 0 Å². The molecule has 0 aromatic heterocycles. The van der Waals surface area contributed by atoms with Crippen molar-refractivity contribution in [1.29, 1.82) is 0 Å². The Kier molecular flexibility index (Phi) is 2.43. The summed E-state index contributed by atoms with van der Waals surface area (Å²) in [6, 6.07) is 0.374. The summed E-state index contributed by atoms with van der Waals surface area (Å²) in [7, 11) is 0. The van der Waals surface area contributed by atoms with Crippen molar-refractivity contribution in [2.24, 2.45) is 5.41 Å². The van der Waals surface area contributed by atoms with E-state index in [2.05, 4.69) is 19.2 Å². The van der Waals surface area contributed by atoms with Crippen molar-refractivity contribution in [2.75, 3.05) is 5.88 Å². The van der Waals surface area contributed by atoms with Crippen LogP contribution >= 0.6 is 11.6 Å². The zero-order chi connectivity index (χ0) is 8.48. The van der Waals surface area contributed by atoms with Crippen molar-refractivity contribution in [3.8, 4) is 0 Å². The van der Waals surface area contributed by atoms with Gasteiger partial charge >= 0.3 is 0 Å². The van der Waals surface area contributed by atoms with Gasteiger partial charge in [-0.1, -0.05) is 13.8 Å². The molecule has 0 spiro atoms. The van der Waals surface area contributed by atoms with Crippen molar-refractivity contribution >= 4 is 17.5 Å². The third kappa shape index (κ3) is 1.86. The van der Waals surface area contributed by atoms with Gasteiger partial charge in [0.25, 0.3) is 0 Å². The number of halogens is 1. The van der Waals surface area contributed by atoms with Gasteiger partial charge in [-0.3, -0.25) is 4.79 Å². The van der Waals surface area contributed by atoms with Crippen molar-refractivity contribution in [3.63, 3.8) is 0 Å². The van der Waals surface area contributed by atoms with Gasteiger partial charge in [-0.25, -0.2) is 0 Å². The Hall–Kier alpha value is -0.240. The van der Waals surface area contributed by atoms with Crippen LogP contribution in [0.25, 0.3) is 0 Å². The minimum atomic E-state index is -0.0474. The van der Waals surface area contributed by atoms with E-state index in [-0.39, 0.29) is 11.8 Å². The summed E-state index contributed by atoms with van der Waals surface area (Å²) in [5.74, 6) is 0.0323. The van der Waals surface area contributed by atoms with Crippen molar-refractivity contribution in [3.05, 3.63) is 0 Å². The summed E-state index contributed by atoms with van der Waals surface area (Å²) in [6.45, 7) is 4.33. The number of rotatable bonds is 3. The molecule has 1 rings (SSSR count). The van der Waals surface area contributed by atoms with Gasteiger partial charge in [-0.15, -0.1) is 11.6 Å². The molecule has 0 bridgehead atoms. The molecule has 0 aromatic rings. The van der Waals surface area contributed by atoms with E-state index in [9.17, 15) is 4.79 Å². The third-order valence-corrected chi connectivity index (χ3v) is 2.86. The van der Waals surface area contributed by atoms with Gasteiger partial charge in [-0.05, 0) is 18.3 Å². The highest BCUT2D eigenvalue weighted by molar-refractivity contribution is 6.27. The smallest absolute Gasteiger partial charge is 0.235 e. The number of hydrogen-bond donors (Lipinski definition) is 1. The van der Waals surface area contributed by atoms with Crippen LogP contribution in [0.15, 0.2) is 0 Å². The van der Waals surface area contributed by atoms with Crippen LogP contribution in [0.4, 0.5) is 0 Å². The molecular formula is C8H14ClNO. The average Bonchev–Trinajstić information content (AvgIpc) is 2.63. The van der Waals surface area contributed by atoms with E-state index < -0.39 is 0 Å². The van der Waals surface area contributed by atoms with Crippen molar-refractivity contribution in [2.45, 2.75) is 32.7 Å². The molecule has 2 nitrogen and oxygen atoms in total. The number of nitrogens with one attached hydrogen (secondary N) is 1. The molecule has 1 fully saturated rings. The summed E-state index contributed by atoms with van der Waals surface area (Å²) in [4.78, 5) is 10.8. The Bertz CT molecular complexity index is 171. The molecule has 0 aliphatic heterocycles. The van der Waals surface area contributed by atoms with Crippen LogP contribution in [0, 0.1) is 5.41 Å². The lowest BCUT2D eigenvalue weighted by Gasteiger charge is -2.07. The highest BCUT2D eigenvalue weighted by Crippen LogP contribution is 2.48. The molecule has 2 unspecified atom stereocenters. The Balaban J connectivity index is 2.28. The molecule has 64 valence electrons. The fourth-order valence-corrected chi connectivity index (χ4v) is 1.33. The van der Waals surface area contributed by atoms with Crippen LogP contribution in [0.1, 0.15) is 26.7 Å². The molecule has 2 atom stereocenters. The van der Waals surface area contributed by atoms with E-state index in [1.54, 1.807) is 0 Å². The molecule has 1 amide bonds. The first-order chi connectivity index (χ1) is 5.12. The Morgan fingerprint density at radius 2 is 2.45 bits per heavy atom. The zero-order valence-electron chi connectivity index (χ0n) is 6.98. The SMILES string of the molecule is CCC1(C)CC1NC(=O)CCl. The molecule has 1 aliphatic rings. The first kappa shape index (κ1) is 8.85. The predicted octanol–water partition coefficient (Wildman–Crippen LogP) is 1.53. The van der Waals surface area contributed by atoms with E-state index in [1.165, 1.54) is 0 Å². The van der Waals surface area contributed by atoms with Crippen LogP contribution in [-0.4, -0.2) is 17.8 Å². The second-order valence-electron chi connectivity index (χ2n) is 3.47. The van der Waals surface area contributed by atoms with Crippen molar-refractivity contribution < 1.29 is 4.79 Å². The van der Waals surface area contributed by atoms with Crippen LogP contribution in [0.2, 0.25) is 0 Å². The fraction of sp³-hybridized carbons (Fsp3) is 0.875. The lowest BCUT2D eigenvalue weighted by atomic mass is 10.1. The van der Waals surface area contributed by atoms with E-state index in [1.807, 2.05) is 0 Å². The fourth-order valence-electron chi connectivity index (χ4n) is 1.26. The van der Waals surface area contributed by atoms with Gasteiger partial charge in [0.2, 0.25) is 5.91 Å². The standard InChI is InChI=1S/C8H14ClNO/c1-3-8(2)4-6(8)10-7(11)5-9/h6H,3-5H2,1-2H3,(H,10,11). The number of amides is 1. The van der Waals surface area contributed by atoms with Gasteiger partial charge in [-0.2, -0.15) is 0 Å². The molecule has 1 saturated carbocycles. The summed E-state index contributed by atoms with van der Waals surface area (Å²) >= 11 is 5.35. The molecule has 11 heavy (non-hydrogen) atoms. The number of alkyl halides is 1. The first-order valence-electron chi connectivity index (χ1n) is 3.97. The minimum absolute atomic E-state index is 0.0474. The molecule has 1 N–H and O–H groups in total. The maximum atomic E-state index is 10.8. The molecule has 1 aliphatic carbocycles. The molecular weight excluding hydrogens is 162 g/mol. The molecule has 0 aromatic carbocycles. The Morgan fingerprint density at radius 3 is 2.82 bits per heavy atom. The minimum Gasteiger partial charge on any atom is -0.352 e. The lowest BCUT2D eigenvalue weighted by molar-refractivity contribution is -0.119. The average molecular weight is 176 g/mol. The van der Waals surface area contributed by atoms with Gasteiger partial charge in [0.05, 0.1) is 0 Å².